The average molecular weight is 256 g/mol. The molecule has 0 unspecified atom stereocenters. The van der Waals surface area contributed by atoms with Crippen molar-refractivity contribution in [3.05, 3.63) is 54.0 Å². The zero-order valence-electron chi connectivity index (χ0n) is 10.3. The van der Waals surface area contributed by atoms with Crippen LogP contribution in [0.25, 0.3) is 5.57 Å². The van der Waals surface area contributed by atoms with Crippen LogP contribution in [-0.4, -0.2) is 6.18 Å². The minimum atomic E-state index is -4.37. The van der Waals surface area contributed by atoms with Crippen molar-refractivity contribution < 1.29 is 17.6 Å². The molecule has 0 saturated carbocycles. The Kier molecular flexibility index (Phi) is 4.59. The van der Waals surface area contributed by atoms with Gasteiger partial charge in [0.2, 0.25) is 0 Å². The van der Waals surface area contributed by atoms with Gasteiger partial charge in [0, 0.05) is 12.0 Å². The second-order valence-corrected chi connectivity index (χ2v) is 3.67. The molecule has 0 fully saturated rings. The molecule has 1 nitrogen and oxygen atoms in total. The summed E-state index contributed by atoms with van der Waals surface area (Å²) in [6.45, 7) is 6.78. The van der Waals surface area contributed by atoms with Gasteiger partial charge in [-0.25, -0.2) is 0 Å². The van der Waals surface area contributed by atoms with E-state index in [4.69, 9.17) is 4.42 Å². The Balaban J connectivity index is 3.13. The van der Waals surface area contributed by atoms with Crippen LogP contribution in [0.2, 0.25) is 0 Å². The topological polar surface area (TPSA) is 13.1 Å². The molecule has 0 atom stereocenters. The molecule has 1 rings (SSSR count). The van der Waals surface area contributed by atoms with Gasteiger partial charge in [-0.1, -0.05) is 25.7 Å². The van der Waals surface area contributed by atoms with Gasteiger partial charge in [0.1, 0.15) is 11.5 Å². The summed E-state index contributed by atoms with van der Waals surface area (Å²) in [5.41, 5.74) is -0.396. The van der Waals surface area contributed by atoms with Gasteiger partial charge in [0.15, 0.2) is 0 Å². The van der Waals surface area contributed by atoms with Crippen molar-refractivity contribution in [1.82, 2.24) is 0 Å². The molecule has 0 aliphatic carbocycles. The van der Waals surface area contributed by atoms with Crippen LogP contribution >= 0.6 is 0 Å². The number of hydrogen-bond donors (Lipinski definition) is 0. The van der Waals surface area contributed by atoms with Crippen LogP contribution in [0.4, 0.5) is 13.2 Å². The predicted octanol–water partition coefficient (Wildman–Crippen LogP) is 4.92. The first kappa shape index (κ1) is 14.4. The molecule has 0 spiro atoms. The van der Waals surface area contributed by atoms with Gasteiger partial charge in [-0.15, -0.1) is 0 Å². The monoisotopic (exact) mass is 256 g/mol. The van der Waals surface area contributed by atoms with Gasteiger partial charge in [0.05, 0.1) is 5.57 Å². The van der Waals surface area contributed by atoms with Gasteiger partial charge in [-0.05, 0) is 25.1 Å². The number of allylic oxidation sites excluding steroid dienone is 5. The molecule has 1 heterocycles. The zero-order valence-corrected chi connectivity index (χ0v) is 10.3. The van der Waals surface area contributed by atoms with Crippen LogP contribution in [-0.2, 0) is 6.42 Å². The summed E-state index contributed by atoms with van der Waals surface area (Å²) in [5, 5.41) is 0. The third-order valence-electron chi connectivity index (χ3n) is 2.46. The average Bonchev–Trinajstić information content (AvgIpc) is 2.77. The molecule has 0 amide bonds. The molecule has 0 saturated heterocycles. The first-order valence-electron chi connectivity index (χ1n) is 5.59. The fourth-order valence-electron chi connectivity index (χ4n) is 1.45. The van der Waals surface area contributed by atoms with Crippen LogP contribution < -0.4 is 0 Å². The fraction of sp³-hybridized carbons (Fsp3) is 0.286. The summed E-state index contributed by atoms with van der Waals surface area (Å²) < 4.78 is 43.3. The standard InChI is InChI=1S/C14H15F3O/c1-4-10(9-11(5-2)14(15,16)17)13-8-7-12(6-3)18-13/h4-5,7-9H,1,6H2,2-3H3/b10-9+,11-5+. The van der Waals surface area contributed by atoms with Crippen LogP contribution in [0, 0.1) is 0 Å². The number of furan rings is 1. The lowest BCUT2D eigenvalue weighted by molar-refractivity contribution is -0.0882. The Morgan fingerprint density at radius 2 is 2.06 bits per heavy atom. The summed E-state index contributed by atoms with van der Waals surface area (Å²) >= 11 is 0. The van der Waals surface area contributed by atoms with Crippen LogP contribution in [0.5, 0.6) is 0 Å². The first-order valence-corrected chi connectivity index (χ1v) is 5.59. The van der Waals surface area contributed by atoms with Crippen molar-refractivity contribution in [2.45, 2.75) is 26.4 Å². The normalized spacial score (nSPS) is 13.8. The van der Waals surface area contributed by atoms with Crippen molar-refractivity contribution in [2.75, 3.05) is 0 Å². The number of aryl methyl sites for hydroxylation is 1. The number of halogens is 3. The summed E-state index contributed by atoms with van der Waals surface area (Å²) in [5.74, 6) is 1.12. The first-order chi connectivity index (χ1) is 8.42. The molecule has 0 radical (unpaired) electrons. The van der Waals surface area contributed by atoms with Gasteiger partial charge >= 0.3 is 6.18 Å². The third-order valence-corrected chi connectivity index (χ3v) is 2.46. The van der Waals surface area contributed by atoms with Gasteiger partial charge in [-0.2, -0.15) is 13.2 Å². The second kappa shape index (κ2) is 5.76. The highest BCUT2D eigenvalue weighted by molar-refractivity contribution is 5.73. The van der Waals surface area contributed by atoms with Gasteiger partial charge in [-0.3, -0.25) is 0 Å². The van der Waals surface area contributed by atoms with Crippen LogP contribution in [0.3, 0.4) is 0 Å². The highest BCUT2D eigenvalue weighted by Crippen LogP contribution is 2.30. The fourth-order valence-corrected chi connectivity index (χ4v) is 1.45. The minimum Gasteiger partial charge on any atom is -0.461 e. The lowest BCUT2D eigenvalue weighted by Gasteiger charge is -2.08. The van der Waals surface area contributed by atoms with E-state index in [1.807, 2.05) is 6.92 Å². The smallest absolute Gasteiger partial charge is 0.416 e. The maximum absolute atomic E-state index is 12.6. The predicted molar refractivity (Wildman–Crippen MR) is 66.1 cm³/mol. The highest BCUT2D eigenvalue weighted by atomic mass is 19.4. The number of rotatable bonds is 4. The Labute approximate surface area is 104 Å². The molecule has 1 aromatic rings. The Bertz CT molecular complexity index is 475. The van der Waals surface area contributed by atoms with E-state index in [2.05, 4.69) is 6.58 Å². The van der Waals surface area contributed by atoms with E-state index < -0.39 is 11.7 Å². The lowest BCUT2D eigenvalue weighted by atomic mass is 10.1. The van der Waals surface area contributed by atoms with E-state index in [0.717, 1.165) is 17.9 Å². The molecule has 0 aliphatic heterocycles. The number of alkyl halides is 3. The Hall–Kier alpha value is -1.71. The van der Waals surface area contributed by atoms with E-state index in [0.29, 0.717) is 17.8 Å². The maximum Gasteiger partial charge on any atom is 0.416 e. The van der Waals surface area contributed by atoms with E-state index in [1.165, 1.54) is 13.0 Å². The molecule has 0 aromatic carbocycles. The molecule has 1 aromatic heterocycles. The van der Waals surface area contributed by atoms with E-state index in [9.17, 15) is 13.2 Å². The molecule has 98 valence electrons. The van der Waals surface area contributed by atoms with Crippen molar-refractivity contribution in [3.63, 3.8) is 0 Å². The molecule has 0 N–H and O–H groups in total. The quantitative estimate of drug-likeness (QED) is 0.697. The molecule has 0 aliphatic rings. The van der Waals surface area contributed by atoms with Crippen molar-refractivity contribution in [2.24, 2.45) is 0 Å². The SMILES string of the molecule is C=C/C(=C\C(=C/C)C(F)(F)F)c1ccc(CC)o1. The van der Waals surface area contributed by atoms with E-state index >= 15 is 0 Å². The van der Waals surface area contributed by atoms with E-state index in [1.54, 1.807) is 12.1 Å². The third kappa shape index (κ3) is 3.39. The van der Waals surface area contributed by atoms with Crippen LogP contribution in [0.15, 0.2) is 46.9 Å². The number of hydrogen-bond acceptors (Lipinski definition) is 1. The van der Waals surface area contributed by atoms with Crippen molar-refractivity contribution in [1.29, 1.82) is 0 Å². The highest BCUT2D eigenvalue weighted by Gasteiger charge is 2.31. The molecule has 18 heavy (non-hydrogen) atoms. The van der Waals surface area contributed by atoms with Crippen LogP contribution in [0.1, 0.15) is 25.4 Å². The second-order valence-electron chi connectivity index (χ2n) is 3.67. The summed E-state index contributed by atoms with van der Waals surface area (Å²) in [4.78, 5) is 0. The summed E-state index contributed by atoms with van der Waals surface area (Å²) in [7, 11) is 0. The Morgan fingerprint density at radius 3 is 2.44 bits per heavy atom. The zero-order chi connectivity index (χ0) is 13.8. The lowest BCUT2D eigenvalue weighted by Crippen LogP contribution is -2.09. The van der Waals surface area contributed by atoms with Gasteiger partial charge < -0.3 is 4.42 Å². The maximum atomic E-state index is 12.6. The largest absolute Gasteiger partial charge is 0.461 e. The minimum absolute atomic E-state index is 0.320. The summed E-state index contributed by atoms with van der Waals surface area (Å²) in [6, 6.07) is 3.39. The summed E-state index contributed by atoms with van der Waals surface area (Å²) in [6.07, 6.45) is -0.269. The van der Waals surface area contributed by atoms with Crippen molar-refractivity contribution in [3.8, 4) is 0 Å². The van der Waals surface area contributed by atoms with E-state index in [-0.39, 0.29) is 0 Å². The Morgan fingerprint density at radius 1 is 1.39 bits per heavy atom. The molecular formula is C14H15F3O. The van der Waals surface area contributed by atoms with Gasteiger partial charge in [0.25, 0.3) is 0 Å². The molecule has 0 bridgehead atoms. The molecular weight excluding hydrogens is 241 g/mol. The molecule has 4 heteroatoms. The van der Waals surface area contributed by atoms with Crippen molar-refractivity contribution >= 4 is 5.57 Å².